The first-order chi connectivity index (χ1) is 12.2. The number of anilines is 2. The van der Waals surface area contributed by atoms with E-state index in [0.29, 0.717) is 28.7 Å². The van der Waals surface area contributed by atoms with Crippen LogP contribution in [0, 0.1) is 0 Å². The van der Waals surface area contributed by atoms with Crippen LogP contribution in [0.5, 0.6) is 5.75 Å². The number of ether oxygens (including phenoxy) is 1. The molecule has 0 saturated heterocycles. The van der Waals surface area contributed by atoms with Crippen LogP contribution in [-0.2, 0) is 0 Å². The summed E-state index contributed by atoms with van der Waals surface area (Å²) in [6.45, 7) is 2.40. The molecule has 0 atom stereocenters. The summed E-state index contributed by atoms with van der Waals surface area (Å²) in [7, 11) is 0. The van der Waals surface area contributed by atoms with E-state index in [-0.39, 0.29) is 0 Å². The Kier molecular flexibility index (Phi) is 3.69. The minimum absolute atomic E-state index is 0.394. The van der Waals surface area contributed by atoms with Crippen molar-refractivity contribution < 1.29 is 9.53 Å². The Bertz CT molecular complexity index is 1090. The van der Waals surface area contributed by atoms with Gasteiger partial charge in [-0.2, -0.15) is 0 Å². The molecule has 9 heteroatoms. The van der Waals surface area contributed by atoms with E-state index in [1.165, 1.54) is 11.3 Å². The van der Waals surface area contributed by atoms with Crippen molar-refractivity contribution in [1.29, 1.82) is 0 Å². The van der Waals surface area contributed by atoms with Gasteiger partial charge >= 0.3 is 0 Å². The molecule has 4 aromatic rings. The average molecular weight is 354 g/mol. The molecule has 4 N–H and O–H groups in total. The normalized spacial score (nSPS) is 11.1. The highest BCUT2D eigenvalue weighted by molar-refractivity contribution is 7.22. The van der Waals surface area contributed by atoms with Crippen molar-refractivity contribution in [3.8, 4) is 5.75 Å². The van der Waals surface area contributed by atoms with Crippen LogP contribution in [0.25, 0.3) is 21.3 Å². The molecule has 0 unspecified atom stereocenters. The Morgan fingerprint density at radius 3 is 3.00 bits per heavy atom. The summed E-state index contributed by atoms with van der Waals surface area (Å²) < 4.78 is 6.59. The molecule has 4 rings (SSSR count). The van der Waals surface area contributed by atoms with E-state index in [4.69, 9.17) is 10.5 Å². The van der Waals surface area contributed by atoms with Crippen molar-refractivity contribution in [3.05, 3.63) is 35.9 Å². The average Bonchev–Trinajstić information content (AvgIpc) is 3.21. The number of aromatic nitrogens is 4. The Morgan fingerprint density at radius 1 is 1.32 bits per heavy atom. The van der Waals surface area contributed by atoms with Gasteiger partial charge in [-0.15, -0.1) is 5.10 Å². The molecule has 0 aliphatic heterocycles. The molecule has 8 nitrogen and oxygen atoms in total. The number of nitrogens with one attached hydrogen (secondary N) is 2. The minimum atomic E-state index is -0.500. The van der Waals surface area contributed by atoms with Gasteiger partial charge in [0.15, 0.2) is 5.13 Å². The lowest BCUT2D eigenvalue weighted by atomic mass is 10.2. The molecule has 0 bridgehead atoms. The van der Waals surface area contributed by atoms with Gasteiger partial charge in [0.2, 0.25) is 5.91 Å². The first-order valence-corrected chi connectivity index (χ1v) is 8.41. The fraction of sp³-hybridized carbons (Fsp3) is 0.125. The zero-order chi connectivity index (χ0) is 17.4. The Hall–Kier alpha value is -3.20. The summed E-state index contributed by atoms with van der Waals surface area (Å²) >= 11 is 1.48. The number of hydrogen-bond donors (Lipinski definition) is 3. The van der Waals surface area contributed by atoms with Crippen LogP contribution in [0.1, 0.15) is 17.3 Å². The lowest BCUT2D eigenvalue weighted by Crippen LogP contribution is -2.11. The van der Waals surface area contributed by atoms with E-state index in [2.05, 4.69) is 25.7 Å². The number of carbonyl (C=O) groups excluding carboxylic acids is 1. The lowest BCUT2D eigenvalue weighted by Gasteiger charge is -2.11. The van der Waals surface area contributed by atoms with Gasteiger partial charge in [0.25, 0.3) is 0 Å². The first kappa shape index (κ1) is 15.3. The zero-order valence-corrected chi connectivity index (χ0v) is 14.1. The number of primary amides is 1. The minimum Gasteiger partial charge on any atom is -0.492 e. The summed E-state index contributed by atoms with van der Waals surface area (Å²) in [6.07, 6.45) is 0. The third-order valence-electron chi connectivity index (χ3n) is 3.66. The predicted octanol–water partition coefficient (Wildman–Crippen LogP) is 2.81. The molecule has 2 aromatic heterocycles. The van der Waals surface area contributed by atoms with Crippen molar-refractivity contribution in [2.24, 2.45) is 5.73 Å². The van der Waals surface area contributed by atoms with E-state index >= 15 is 0 Å². The fourth-order valence-electron chi connectivity index (χ4n) is 2.53. The van der Waals surface area contributed by atoms with Gasteiger partial charge in [0.1, 0.15) is 16.8 Å². The molecule has 0 fully saturated rings. The highest BCUT2D eigenvalue weighted by Gasteiger charge is 2.13. The third-order valence-corrected chi connectivity index (χ3v) is 4.60. The van der Waals surface area contributed by atoms with E-state index in [1.807, 2.05) is 19.1 Å². The second kappa shape index (κ2) is 6.02. The second-order valence-electron chi connectivity index (χ2n) is 5.27. The van der Waals surface area contributed by atoms with Crippen molar-refractivity contribution in [3.63, 3.8) is 0 Å². The topological polar surface area (TPSA) is 119 Å². The summed E-state index contributed by atoms with van der Waals surface area (Å²) in [4.78, 5) is 16.1. The summed E-state index contributed by atoms with van der Waals surface area (Å²) in [5, 5.41) is 14.6. The molecule has 0 spiro atoms. The van der Waals surface area contributed by atoms with Gasteiger partial charge in [0, 0.05) is 5.56 Å². The third kappa shape index (κ3) is 2.74. The number of benzene rings is 2. The summed E-state index contributed by atoms with van der Waals surface area (Å²) in [6, 6.07) is 8.89. The largest absolute Gasteiger partial charge is 0.492 e. The molecule has 126 valence electrons. The predicted molar refractivity (Wildman–Crippen MR) is 96.5 cm³/mol. The number of amides is 1. The van der Waals surface area contributed by atoms with Crippen LogP contribution >= 0.6 is 11.3 Å². The quantitative estimate of drug-likeness (QED) is 0.507. The maximum atomic E-state index is 11.5. The molecule has 0 radical (unpaired) electrons. The Morgan fingerprint density at radius 2 is 2.20 bits per heavy atom. The molecular formula is C16H14N6O2S. The molecule has 0 aliphatic rings. The van der Waals surface area contributed by atoms with Crippen LogP contribution in [0.4, 0.5) is 10.8 Å². The number of rotatable bonds is 5. The number of fused-ring (bicyclic) bond motifs is 3. The van der Waals surface area contributed by atoms with Crippen LogP contribution in [0.15, 0.2) is 30.3 Å². The highest BCUT2D eigenvalue weighted by atomic mass is 32.1. The van der Waals surface area contributed by atoms with Crippen molar-refractivity contribution in [2.75, 3.05) is 11.9 Å². The van der Waals surface area contributed by atoms with Crippen LogP contribution in [-0.4, -0.2) is 32.9 Å². The Labute approximate surface area is 146 Å². The van der Waals surface area contributed by atoms with Crippen molar-refractivity contribution >= 4 is 49.3 Å². The van der Waals surface area contributed by atoms with E-state index in [1.54, 1.807) is 18.2 Å². The summed E-state index contributed by atoms with van der Waals surface area (Å²) in [5.74, 6) is 0.123. The SMILES string of the molecule is CCOc1ccc(C(N)=O)cc1Nc1nc2c(ccc3[nH]nnc32)s1. The van der Waals surface area contributed by atoms with Gasteiger partial charge < -0.3 is 15.8 Å². The Balaban J connectivity index is 1.77. The maximum Gasteiger partial charge on any atom is 0.248 e. The standard InChI is InChI=1S/C16H14N6O2S/c1-2-24-11-5-3-8(15(17)23)7-10(11)18-16-19-14-12(25-16)6-4-9-13(14)21-22-20-9/h3-7H,2H2,1H3,(H2,17,23)(H,18,19)(H,20,21,22). The molecule has 0 saturated carbocycles. The number of nitrogens with two attached hydrogens (primary N) is 1. The lowest BCUT2D eigenvalue weighted by molar-refractivity contribution is 0.100. The maximum absolute atomic E-state index is 11.5. The molecule has 2 heterocycles. The number of H-pyrrole nitrogens is 1. The molecule has 25 heavy (non-hydrogen) atoms. The van der Waals surface area contributed by atoms with Crippen molar-refractivity contribution in [1.82, 2.24) is 20.4 Å². The first-order valence-electron chi connectivity index (χ1n) is 7.59. The van der Waals surface area contributed by atoms with E-state index < -0.39 is 5.91 Å². The number of nitrogens with zero attached hydrogens (tertiary/aromatic N) is 3. The van der Waals surface area contributed by atoms with Crippen LogP contribution in [0.3, 0.4) is 0 Å². The molecule has 0 aliphatic carbocycles. The fourth-order valence-corrected chi connectivity index (χ4v) is 3.41. The molecule has 2 aromatic carbocycles. The monoisotopic (exact) mass is 354 g/mol. The number of aromatic amines is 1. The second-order valence-corrected chi connectivity index (χ2v) is 6.30. The molecular weight excluding hydrogens is 340 g/mol. The molecule has 1 amide bonds. The number of carbonyl (C=O) groups is 1. The van der Waals surface area contributed by atoms with E-state index in [0.717, 1.165) is 21.3 Å². The number of hydrogen-bond acceptors (Lipinski definition) is 7. The smallest absolute Gasteiger partial charge is 0.248 e. The van der Waals surface area contributed by atoms with Crippen LogP contribution < -0.4 is 15.8 Å². The van der Waals surface area contributed by atoms with Gasteiger partial charge in [0.05, 0.1) is 22.5 Å². The van der Waals surface area contributed by atoms with Gasteiger partial charge in [-0.25, -0.2) is 4.98 Å². The van der Waals surface area contributed by atoms with Crippen LogP contribution in [0.2, 0.25) is 0 Å². The van der Waals surface area contributed by atoms with Gasteiger partial charge in [-0.05, 0) is 37.3 Å². The van der Waals surface area contributed by atoms with E-state index in [9.17, 15) is 4.79 Å². The van der Waals surface area contributed by atoms with Gasteiger partial charge in [-0.3, -0.25) is 9.89 Å². The highest BCUT2D eigenvalue weighted by Crippen LogP contribution is 2.34. The number of thiazole rings is 1. The summed E-state index contributed by atoms with van der Waals surface area (Å²) in [5.41, 5.74) is 8.72. The van der Waals surface area contributed by atoms with Crippen molar-refractivity contribution in [2.45, 2.75) is 6.92 Å². The van der Waals surface area contributed by atoms with Gasteiger partial charge in [-0.1, -0.05) is 16.6 Å². The zero-order valence-electron chi connectivity index (χ0n) is 13.2.